The van der Waals surface area contributed by atoms with Gasteiger partial charge in [-0.3, -0.25) is 9.59 Å². The highest BCUT2D eigenvalue weighted by molar-refractivity contribution is 6.32. The van der Waals surface area contributed by atoms with E-state index in [1.54, 1.807) is 23.9 Å². The molecule has 0 aliphatic carbocycles. The largest absolute Gasteiger partial charge is 0.310 e. The number of amides is 2. The maximum atomic E-state index is 14.4. The molecule has 0 bridgehead atoms. The van der Waals surface area contributed by atoms with Crippen molar-refractivity contribution >= 4 is 66.3 Å². The Hall–Kier alpha value is -6.78. The molecule has 4 nitrogen and oxygen atoms in total. The Kier molecular flexibility index (Phi) is 6.58. The smallest absolute Gasteiger partial charge is 0.261 e. The van der Waals surface area contributed by atoms with Gasteiger partial charge in [0.15, 0.2) is 0 Å². The highest BCUT2D eigenvalue weighted by Gasteiger charge is 2.47. The van der Waals surface area contributed by atoms with E-state index in [4.69, 9.17) is 0 Å². The molecule has 0 saturated carbocycles. The summed E-state index contributed by atoms with van der Waals surface area (Å²) in [5.74, 6) is -0.357. The third-order valence-electron chi connectivity index (χ3n) is 10.9. The average Bonchev–Trinajstić information content (AvgIpc) is 3.60. The Bertz CT molecular complexity index is 2720. The summed E-state index contributed by atoms with van der Waals surface area (Å²) >= 11 is 0. The molecule has 2 aliphatic heterocycles. The first-order valence-corrected chi connectivity index (χ1v) is 17.6. The quantitative estimate of drug-likeness (QED) is 0.187. The monoisotopic (exact) mass is 668 g/mol. The van der Waals surface area contributed by atoms with Crippen LogP contribution in [0.2, 0.25) is 0 Å². The number of carbonyl (C=O) groups excluding carboxylic acids is 2. The van der Waals surface area contributed by atoms with Gasteiger partial charge in [-0.25, -0.2) is 0 Å². The number of rotatable bonds is 4. The second kappa shape index (κ2) is 11.4. The van der Waals surface area contributed by atoms with Crippen LogP contribution in [0, 0.1) is 0 Å². The zero-order valence-electron chi connectivity index (χ0n) is 28.7. The number of benzene rings is 8. The van der Waals surface area contributed by atoms with E-state index in [-0.39, 0.29) is 11.8 Å². The van der Waals surface area contributed by atoms with Gasteiger partial charge in [-0.1, -0.05) is 158 Å². The summed E-state index contributed by atoms with van der Waals surface area (Å²) in [6, 6.07) is 54.7. The van der Waals surface area contributed by atoms with Crippen molar-refractivity contribution in [3.63, 3.8) is 0 Å². The molecule has 2 heterocycles. The van der Waals surface area contributed by atoms with Crippen molar-refractivity contribution in [2.75, 3.05) is 14.1 Å². The summed E-state index contributed by atoms with van der Waals surface area (Å²) in [6.07, 6.45) is 0. The normalized spacial score (nSPS) is 14.6. The van der Waals surface area contributed by atoms with E-state index in [0.717, 1.165) is 54.9 Å². The molecule has 0 atom stereocenters. The van der Waals surface area contributed by atoms with Crippen molar-refractivity contribution in [2.45, 2.75) is 0 Å². The van der Waals surface area contributed by atoms with Crippen molar-refractivity contribution < 1.29 is 9.59 Å². The number of hydrogen-bond acceptors (Lipinski definition) is 2. The molecule has 2 aliphatic rings. The Balaban J connectivity index is 1.19. The van der Waals surface area contributed by atoms with Gasteiger partial charge in [0.05, 0.1) is 22.5 Å². The SMILES string of the molecule is CN1C(=O)C2=C(c3ccc(-c4cccc5ccccc45)c4ccccc34)N(C)C(=O)C2=C1c1ccc(-c2cccc3ccccc23)c2ccccc12. The minimum absolute atomic E-state index is 0.179. The Morgan fingerprint density at radius 2 is 0.596 bits per heavy atom. The standard InChI is InChI=1S/C48H32N2O2/c1-49-45(41-27-25-39(35-19-7-9-21-37(35)41)33-23-11-15-29-13-3-5-17-31(29)33)43-44(47(49)51)46(50(2)48(43)52)42-28-26-40(36-20-8-10-22-38(36)42)34-24-12-16-30-14-4-6-18-32(30)34/h3-28H,1-2H3. The van der Waals surface area contributed by atoms with E-state index in [9.17, 15) is 9.59 Å². The maximum absolute atomic E-state index is 14.4. The van der Waals surface area contributed by atoms with Crippen molar-refractivity contribution in [1.82, 2.24) is 9.80 Å². The van der Waals surface area contributed by atoms with E-state index in [0.29, 0.717) is 22.5 Å². The molecule has 0 unspecified atom stereocenters. The molecular formula is C48H32N2O2. The number of hydrogen-bond donors (Lipinski definition) is 0. The molecule has 4 heteroatoms. The average molecular weight is 669 g/mol. The lowest BCUT2D eigenvalue weighted by atomic mass is 9.90. The van der Waals surface area contributed by atoms with Crippen molar-refractivity contribution in [3.8, 4) is 22.3 Å². The number of likely N-dealkylation sites (N-methyl/N-ethyl adjacent to an activating group) is 2. The summed E-state index contributed by atoms with van der Waals surface area (Å²) in [5.41, 5.74) is 8.43. The second-order valence-electron chi connectivity index (χ2n) is 13.6. The fourth-order valence-electron chi connectivity index (χ4n) is 8.56. The molecule has 0 saturated heterocycles. The van der Waals surface area contributed by atoms with E-state index < -0.39 is 0 Å². The topological polar surface area (TPSA) is 40.6 Å². The van der Waals surface area contributed by atoms with Crippen LogP contribution in [0.5, 0.6) is 0 Å². The van der Waals surface area contributed by atoms with Gasteiger partial charge >= 0.3 is 0 Å². The fraction of sp³-hybridized carbons (Fsp3) is 0.0417. The first-order chi connectivity index (χ1) is 25.5. The van der Waals surface area contributed by atoms with Gasteiger partial charge in [-0.15, -0.1) is 0 Å². The first-order valence-electron chi connectivity index (χ1n) is 17.6. The molecule has 52 heavy (non-hydrogen) atoms. The zero-order chi connectivity index (χ0) is 35.1. The van der Waals surface area contributed by atoms with Gasteiger partial charge < -0.3 is 9.80 Å². The summed E-state index contributed by atoms with van der Waals surface area (Å²) in [5, 5.41) is 8.83. The van der Waals surface area contributed by atoms with Crippen LogP contribution in [0.15, 0.2) is 169 Å². The lowest BCUT2D eigenvalue weighted by Gasteiger charge is -2.22. The zero-order valence-corrected chi connectivity index (χ0v) is 28.7. The fourth-order valence-corrected chi connectivity index (χ4v) is 8.56. The minimum Gasteiger partial charge on any atom is -0.310 e. The molecule has 0 radical (unpaired) electrons. The molecule has 8 aromatic rings. The van der Waals surface area contributed by atoms with Gasteiger partial charge in [0.1, 0.15) is 0 Å². The third kappa shape index (κ3) is 4.21. The molecule has 0 spiro atoms. The Labute approximate surface area is 301 Å². The van der Waals surface area contributed by atoms with Gasteiger partial charge in [0.2, 0.25) is 0 Å². The predicted molar refractivity (Wildman–Crippen MR) is 213 cm³/mol. The second-order valence-corrected chi connectivity index (χ2v) is 13.6. The van der Waals surface area contributed by atoms with Crippen LogP contribution < -0.4 is 0 Å². The molecule has 8 aromatic carbocycles. The first kappa shape index (κ1) is 30.1. The highest BCUT2D eigenvalue weighted by Crippen LogP contribution is 2.49. The van der Waals surface area contributed by atoms with Crippen LogP contribution in [0.3, 0.4) is 0 Å². The van der Waals surface area contributed by atoms with E-state index in [2.05, 4.69) is 133 Å². The Morgan fingerprint density at radius 1 is 0.308 bits per heavy atom. The minimum atomic E-state index is -0.179. The Morgan fingerprint density at radius 3 is 1.00 bits per heavy atom. The van der Waals surface area contributed by atoms with Crippen molar-refractivity contribution in [1.29, 1.82) is 0 Å². The van der Waals surface area contributed by atoms with E-state index >= 15 is 0 Å². The van der Waals surface area contributed by atoms with Gasteiger partial charge in [-0.05, 0) is 65.3 Å². The molecule has 246 valence electrons. The van der Waals surface area contributed by atoms with Crippen LogP contribution in [0.1, 0.15) is 11.1 Å². The van der Waals surface area contributed by atoms with Crippen molar-refractivity contribution in [3.05, 3.63) is 180 Å². The van der Waals surface area contributed by atoms with Crippen LogP contribution in [0.25, 0.3) is 76.7 Å². The summed E-state index contributed by atoms with van der Waals surface area (Å²) in [6.45, 7) is 0. The third-order valence-corrected chi connectivity index (χ3v) is 10.9. The molecule has 0 N–H and O–H groups in total. The summed E-state index contributed by atoms with van der Waals surface area (Å²) in [4.78, 5) is 32.2. The van der Waals surface area contributed by atoms with Gasteiger partial charge in [0, 0.05) is 25.2 Å². The lowest BCUT2D eigenvalue weighted by molar-refractivity contribution is -0.123. The molecule has 0 fully saturated rings. The maximum Gasteiger partial charge on any atom is 0.261 e. The highest BCUT2D eigenvalue weighted by atomic mass is 16.2. The molecule has 0 aromatic heterocycles. The summed E-state index contributed by atoms with van der Waals surface area (Å²) in [7, 11) is 3.58. The van der Waals surface area contributed by atoms with Crippen LogP contribution in [-0.2, 0) is 9.59 Å². The molecule has 2 amide bonds. The van der Waals surface area contributed by atoms with Crippen LogP contribution in [0.4, 0.5) is 0 Å². The van der Waals surface area contributed by atoms with Gasteiger partial charge in [-0.2, -0.15) is 0 Å². The summed E-state index contributed by atoms with van der Waals surface area (Å²) < 4.78 is 0. The van der Waals surface area contributed by atoms with E-state index in [1.165, 1.54) is 21.5 Å². The van der Waals surface area contributed by atoms with Crippen molar-refractivity contribution in [2.24, 2.45) is 0 Å². The van der Waals surface area contributed by atoms with Gasteiger partial charge in [0.25, 0.3) is 11.8 Å². The molecular weight excluding hydrogens is 637 g/mol. The van der Waals surface area contributed by atoms with E-state index in [1.807, 2.05) is 24.3 Å². The predicted octanol–water partition coefficient (Wildman–Crippen LogP) is 10.7. The number of carbonyl (C=O) groups is 2. The number of nitrogens with zero attached hydrogens (tertiary/aromatic N) is 2. The lowest BCUT2D eigenvalue weighted by Crippen LogP contribution is -2.25. The number of fused-ring (bicyclic) bond motifs is 5. The molecule has 10 rings (SSSR count). The van der Waals surface area contributed by atoms with Crippen LogP contribution >= 0.6 is 0 Å². The van der Waals surface area contributed by atoms with Crippen LogP contribution in [-0.4, -0.2) is 35.7 Å².